The second-order valence-electron chi connectivity index (χ2n) is 8.20. The lowest BCUT2D eigenvalue weighted by molar-refractivity contribution is 0.279. The van der Waals surface area contributed by atoms with E-state index in [1.54, 1.807) is 29.8 Å². The molecule has 0 spiro atoms. The molecule has 3 rings (SSSR count). The molecule has 1 atom stereocenters. The van der Waals surface area contributed by atoms with Gasteiger partial charge in [-0.1, -0.05) is 32.0 Å². The Bertz CT molecular complexity index is 955. The van der Waals surface area contributed by atoms with Gasteiger partial charge in [0, 0.05) is 24.2 Å². The van der Waals surface area contributed by atoms with Gasteiger partial charge in [0.2, 0.25) is 0 Å². The van der Waals surface area contributed by atoms with E-state index in [1.807, 2.05) is 24.3 Å². The number of anilines is 1. The van der Waals surface area contributed by atoms with E-state index in [0.717, 1.165) is 48.5 Å². The van der Waals surface area contributed by atoms with Gasteiger partial charge in [-0.25, -0.2) is 16.9 Å². The van der Waals surface area contributed by atoms with Crippen molar-refractivity contribution in [2.75, 3.05) is 32.1 Å². The van der Waals surface area contributed by atoms with Gasteiger partial charge in [-0.05, 0) is 50.0 Å². The number of piperidine rings is 1. The molecule has 2 heterocycles. The standard InChI is InChI=1S/C20H28N2O3S3/c1-20(2)9-11-22(12-10-20)18-8-6-5-7-16(18)15-28(24,25)19-13-17(14-26-19)27(23)21(3)4/h5-8,13-14H,9-12,15H2,1-4H3. The zero-order chi connectivity index (χ0) is 20.5. The number of thiophene rings is 1. The summed E-state index contributed by atoms with van der Waals surface area (Å²) in [6.45, 7) is 6.45. The Hall–Kier alpha value is -1.22. The molecule has 1 aromatic heterocycles. The molecule has 1 aromatic carbocycles. The third-order valence-electron chi connectivity index (χ3n) is 5.19. The van der Waals surface area contributed by atoms with Gasteiger partial charge in [-0.2, -0.15) is 0 Å². The topological polar surface area (TPSA) is 57.7 Å². The van der Waals surface area contributed by atoms with Gasteiger partial charge in [0.1, 0.15) is 15.2 Å². The Morgan fingerprint density at radius 1 is 1.18 bits per heavy atom. The maximum atomic E-state index is 13.0. The van der Waals surface area contributed by atoms with Crippen LogP contribution in [0.5, 0.6) is 0 Å². The third-order valence-corrected chi connectivity index (χ3v) is 9.83. The van der Waals surface area contributed by atoms with Crippen molar-refractivity contribution in [2.45, 2.75) is 41.5 Å². The molecule has 1 fully saturated rings. The van der Waals surface area contributed by atoms with Crippen LogP contribution in [0.25, 0.3) is 0 Å². The molecule has 1 unspecified atom stereocenters. The lowest BCUT2D eigenvalue weighted by Gasteiger charge is -2.39. The minimum Gasteiger partial charge on any atom is -0.371 e. The number of rotatable bonds is 6. The summed E-state index contributed by atoms with van der Waals surface area (Å²) in [6, 6.07) is 9.32. The van der Waals surface area contributed by atoms with Crippen LogP contribution in [0.1, 0.15) is 32.3 Å². The summed E-state index contributed by atoms with van der Waals surface area (Å²) in [6.07, 6.45) is 2.19. The fourth-order valence-corrected chi connectivity index (χ4v) is 7.10. The van der Waals surface area contributed by atoms with Crippen molar-refractivity contribution in [3.63, 3.8) is 0 Å². The van der Waals surface area contributed by atoms with Crippen LogP contribution in [0.15, 0.2) is 44.8 Å². The molecule has 28 heavy (non-hydrogen) atoms. The molecule has 0 saturated carbocycles. The lowest BCUT2D eigenvalue weighted by Crippen LogP contribution is -2.37. The quantitative estimate of drug-likeness (QED) is 0.683. The first-order valence-electron chi connectivity index (χ1n) is 9.32. The number of para-hydroxylation sites is 1. The summed E-state index contributed by atoms with van der Waals surface area (Å²) < 4.78 is 40.1. The van der Waals surface area contributed by atoms with E-state index >= 15 is 0 Å². The zero-order valence-electron chi connectivity index (χ0n) is 16.8. The predicted molar refractivity (Wildman–Crippen MR) is 117 cm³/mol. The molecular formula is C20H28N2O3S3. The Kier molecular flexibility index (Phi) is 6.34. The third kappa shape index (κ3) is 4.84. The highest BCUT2D eigenvalue weighted by Crippen LogP contribution is 2.35. The molecule has 0 amide bonds. The van der Waals surface area contributed by atoms with E-state index in [2.05, 4.69) is 18.7 Å². The van der Waals surface area contributed by atoms with Crippen LogP contribution in [-0.4, -0.2) is 44.1 Å². The van der Waals surface area contributed by atoms with Crippen LogP contribution in [0.2, 0.25) is 0 Å². The molecule has 8 heteroatoms. The van der Waals surface area contributed by atoms with Gasteiger partial charge >= 0.3 is 0 Å². The van der Waals surface area contributed by atoms with Gasteiger partial charge in [-0.15, -0.1) is 11.3 Å². The normalized spacial score (nSPS) is 18.4. The van der Waals surface area contributed by atoms with Crippen LogP contribution in [-0.2, 0) is 26.6 Å². The monoisotopic (exact) mass is 440 g/mol. The summed E-state index contributed by atoms with van der Waals surface area (Å²) in [4.78, 5) is 2.83. The van der Waals surface area contributed by atoms with Crippen molar-refractivity contribution in [1.82, 2.24) is 4.31 Å². The van der Waals surface area contributed by atoms with Crippen LogP contribution in [0.4, 0.5) is 5.69 Å². The number of hydrogen-bond acceptors (Lipinski definition) is 5. The van der Waals surface area contributed by atoms with Gasteiger partial charge in [0.15, 0.2) is 9.84 Å². The highest BCUT2D eigenvalue weighted by molar-refractivity contribution is 7.92. The maximum Gasteiger partial charge on any atom is 0.191 e. The fraction of sp³-hybridized carbons (Fsp3) is 0.500. The average Bonchev–Trinajstić information content (AvgIpc) is 3.12. The molecule has 1 aliphatic heterocycles. The van der Waals surface area contributed by atoms with Gasteiger partial charge in [0.05, 0.1) is 10.6 Å². The molecular weight excluding hydrogens is 412 g/mol. The first-order valence-corrected chi connectivity index (χ1v) is 13.0. The van der Waals surface area contributed by atoms with Gasteiger partial charge in [0.25, 0.3) is 0 Å². The molecule has 1 aliphatic rings. The Labute approximate surface area is 174 Å². The van der Waals surface area contributed by atoms with E-state index in [9.17, 15) is 12.6 Å². The Morgan fingerprint density at radius 3 is 2.46 bits per heavy atom. The fourth-order valence-electron chi connectivity index (χ4n) is 3.34. The lowest BCUT2D eigenvalue weighted by atomic mass is 9.82. The first kappa shape index (κ1) is 21.5. The Balaban J connectivity index is 1.83. The van der Waals surface area contributed by atoms with E-state index in [-0.39, 0.29) is 9.96 Å². The molecule has 5 nitrogen and oxygen atoms in total. The van der Waals surface area contributed by atoms with Crippen LogP contribution < -0.4 is 4.90 Å². The van der Waals surface area contributed by atoms with Gasteiger partial charge in [-0.3, -0.25) is 0 Å². The number of hydrogen-bond donors (Lipinski definition) is 0. The smallest absolute Gasteiger partial charge is 0.191 e. The summed E-state index contributed by atoms with van der Waals surface area (Å²) in [5.74, 6) is -0.0440. The number of nitrogens with zero attached hydrogens (tertiary/aromatic N) is 2. The molecule has 1 saturated heterocycles. The summed E-state index contributed by atoms with van der Waals surface area (Å²) >= 11 is 1.14. The minimum atomic E-state index is -3.50. The van der Waals surface area contributed by atoms with Crippen molar-refractivity contribution in [2.24, 2.45) is 5.41 Å². The van der Waals surface area contributed by atoms with Gasteiger partial charge < -0.3 is 4.90 Å². The highest BCUT2D eigenvalue weighted by atomic mass is 32.2. The zero-order valence-corrected chi connectivity index (χ0v) is 19.3. The molecule has 0 radical (unpaired) electrons. The van der Waals surface area contributed by atoms with Crippen molar-refractivity contribution in [3.05, 3.63) is 41.3 Å². The SMILES string of the molecule is CN(C)S(=O)c1csc(S(=O)(=O)Cc2ccccc2N2CCC(C)(C)CC2)c1. The first-order chi connectivity index (χ1) is 13.1. The van der Waals surface area contributed by atoms with Crippen molar-refractivity contribution < 1.29 is 12.6 Å². The summed E-state index contributed by atoms with van der Waals surface area (Å²) in [7, 11) is -1.42. The van der Waals surface area contributed by atoms with Crippen molar-refractivity contribution >= 4 is 37.8 Å². The van der Waals surface area contributed by atoms with E-state index in [1.165, 1.54) is 0 Å². The average molecular weight is 441 g/mol. The van der Waals surface area contributed by atoms with Crippen molar-refractivity contribution in [3.8, 4) is 0 Å². The van der Waals surface area contributed by atoms with E-state index < -0.39 is 20.8 Å². The summed E-state index contributed by atoms with van der Waals surface area (Å²) in [5.41, 5.74) is 2.17. The van der Waals surface area contributed by atoms with Crippen LogP contribution in [0.3, 0.4) is 0 Å². The second-order valence-corrected chi connectivity index (χ2v) is 13.0. The molecule has 0 bridgehead atoms. The van der Waals surface area contributed by atoms with Crippen LogP contribution >= 0.6 is 11.3 Å². The highest BCUT2D eigenvalue weighted by Gasteiger charge is 2.28. The molecule has 0 aliphatic carbocycles. The number of benzene rings is 1. The number of sulfone groups is 1. The maximum absolute atomic E-state index is 13.0. The largest absolute Gasteiger partial charge is 0.371 e. The molecule has 154 valence electrons. The minimum absolute atomic E-state index is 0.0440. The van der Waals surface area contributed by atoms with Crippen molar-refractivity contribution in [1.29, 1.82) is 0 Å². The van der Waals surface area contributed by atoms with E-state index in [0.29, 0.717) is 10.3 Å². The second kappa shape index (κ2) is 8.26. The molecule has 0 N–H and O–H groups in total. The molecule has 2 aromatic rings. The van der Waals surface area contributed by atoms with E-state index in [4.69, 9.17) is 0 Å². The Morgan fingerprint density at radius 2 is 1.82 bits per heavy atom. The van der Waals surface area contributed by atoms with Crippen LogP contribution in [0, 0.1) is 5.41 Å². The predicted octanol–water partition coefficient (Wildman–Crippen LogP) is 3.93. The summed E-state index contributed by atoms with van der Waals surface area (Å²) in [5, 5.41) is 1.67.